The molecule has 1 aromatic carbocycles. The van der Waals surface area contributed by atoms with Gasteiger partial charge in [0.15, 0.2) is 10.9 Å². The van der Waals surface area contributed by atoms with E-state index in [2.05, 4.69) is 5.32 Å². The summed E-state index contributed by atoms with van der Waals surface area (Å²) in [7, 11) is 1.33. The first-order chi connectivity index (χ1) is 16.7. The van der Waals surface area contributed by atoms with Crippen LogP contribution in [0.5, 0.6) is 5.75 Å². The van der Waals surface area contributed by atoms with E-state index in [1.54, 1.807) is 22.8 Å². The summed E-state index contributed by atoms with van der Waals surface area (Å²) < 4.78 is 6.71. The molecule has 0 atom stereocenters. The van der Waals surface area contributed by atoms with Gasteiger partial charge in [-0.05, 0) is 37.8 Å². The van der Waals surface area contributed by atoms with Crippen molar-refractivity contribution in [2.75, 3.05) is 18.2 Å². The second kappa shape index (κ2) is 10.2. The van der Waals surface area contributed by atoms with Gasteiger partial charge in [0, 0.05) is 39.7 Å². The van der Waals surface area contributed by atoms with Crippen molar-refractivity contribution in [2.24, 2.45) is 0 Å². The number of thioether (sulfide) groups is 1. The predicted molar refractivity (Wildman–Crippen MR) is 141 cm³/mol. The number of aryl methyl sites for hydroxylation is 1. The van der Waals surface area contributed by atoms with Crippen LogP contribution >= 0.6 is 34.4 Å². The van der Waals surface area contributed by atoms with Crippen LogP contribution in [0.4, 0.5) is 11.4 Å². The van der Waals surface area contributed by atoms with E-state index in [1.165, 1.54) is 42.3 Å². The number of hydrogen-bond donors (Lipinski definition) is 1. The zero-order chi connectivity index (χ0) is 25.3. The molecule has 3 aromatic heterocycles. The molecule has 0 radical (unpaired) electrons. The molecule has 0 aliphatic heterocycles. The highest BCUT2D eigenvalue weighted by Crippen LogP contribution is 2.36. The Bertz CT molecular complexity index is 1470. The molecule has 1 N–H and O–H groups in total. The Balaban J connectivity index is 1.60. The number of carbonyl (C=O) groups is 1. The third kappa shape index (κ3) is 4.95. The number of carbonyl (C=O) groups excluding carboxylic acids is 1. The Kier molecular flexibility index (Phi) is 7.24. The van der Waals surface area contributed by atoms with Gasteiger partial charge in [0.05, 0.1) is 23.2 Å². The summed E-state index contributed by atoms with van der Waals surface area (Å²) in [6.45, 7) is 5.48. The van der Waals surface area contributed by atoms with E-state index < -0.39 is 4.92 Å². The molecule has 0 saturated carbocycles. The van der Waals surface area contributed by atoms with Crippen LogP contribution in [0.15, 0.2) is 45.0 Å². The molecule has 12 heteroatoms. The fourth-order valence-corrected chi connectivity index (χ4v) is 6.32. The minimum absolute atomic E-state index is 0.00651. The summed E-state index contributed by atoms with van der Waals surface area (Å²) in [6, 6.07) is 6.57. The average Bonchev–Trinajstić information content (AvgIpc) is 3.48. The van der Waals surface area contributed by atoms with Gasteiger partial charge in [0.25, 0.3) is 5.56 Å². The van der Waals surface area contributed by atoms with E-state index in [1.807, 2.05) is 36.7 Å². The van der Waals surface area contributed by atoms with Gasteiger partial charge < -0.3 is 10.1 Å². The Morgan fingerprint density at radius 3 is 2.74 bits per heavy atom. The van der Waals surface area contributed by atoms with Crippen LogP contribution in [0.1, 0.15) is 25.5 Å². The number of nitrogens with one attached hydrogen (secondary N) is 1. The molecule has 0 bridgehead atoms. The number of aromatic nitrogens is 2. The quantitative estimate of drug-likeness (QED) is 0.134. The number of thiophene rings is 2. The lowest BCUT2D eigenvalue weighted by Crippen LogP contribution is -2.25. The number of amides is 1. The molecule has 0 aliphatic rings. The van der Waals surface area contributed by atoms with E-state index in [0.29, 0.717) is 26.6 Å². The maximum atomic E-state index is 13.5. The van der Waals surface area contributed by atoms with Crippen LogP contribution in [0.3, 0.4) is 0 Å². The monoisotopic (exact) mass is 530 g/mol. The summed E-state index contributed by atoms with van der Waals surface area (Å²) in [5, 5.41) is 18.9. The topological polar surface area (TPSA) is 116 Å². The number of anilines is 1. The lowest BCUT2D eigenvalue weighted by Gasteiger charge is -2.16. The van der Waals surface area contributed by atoms with E-state index in [-0.39, 0.29) is 34.7 Å². The van der Waals surface area contributed by atoms with Crippen molar-refractivity contribution >= 4 is 61.9 Å². The van der Waals surface area contributed by atoms with E-state index >= 15 is 0 Å². The van der Waals surface area contributed by atoms with Gasteiger partial charge in [-0.1, -0.05) is 17.8 Å². The fraction of sp³-hybridized carbons (Fsp3) is 0.261. The second-order valence-corrected chi connectivity index (χ2v) is 10.7. The highest BCUT2D eigenvalue weighted by molar-refractivity contribution is 7.99. The van der Waals surface area contributed by atoms with Crippen molar-refractivity contribution in [3.05, 3.63) is 61.1 Å². The Morgan fingerprint density at radius 2 is 2.11 bits per heavy atom. The lowest BCUT2D eigenvalue weighted by molar-refractivity contribution is -0.385. The molecule has 0 aliphatic carbocycles. The molecule has 1 amide bonds. The highest BCUT2D eigenvalue weighted by Gasteiger charge is 2.21. The van der Waals surface area contributed by atoms with Crippen molar-refractivity contribution < 1.29 is 14.5 Å². The van der Waals surface area contributed by atoms with Crippen LogP contribution in [0.2, 0.25) is 0 Å². The minimum atomic E-state index is -0.533. The number of nitrogens with zero attached hydrogens (tertiary/aromatic N) is 3. The molecule has 0 saturated heterocycles. The van der Waals surface area contributed by atoms with Gasteiger partial charge in [-0.2, -0.15) is 0 Å². The van der Waals surface area contributed by atoms with Gasteiger partial charge in [0.1, 0.15) is 4.83 Å². The van der Waals surface area contributed by atoms with Crippen molar-refractivity contribution in [3.8, 4) is 16.2 Å². The summed E-state index contributed by atoms with van der Waals surface area (Å²) in [6.07, 6.45) is 0. The number of nitro benzene ring substituents is 1. The maximum absolute atomic E-state index is 13.5. The summed E-state index contributed by atoms with van der Waals surface area (Å²) in [5.41, 5.74) is 1.53. The van der Waals surface area contributed by atoms with Crippen molar-refractivity contribution in [2.45, 2.75) is 32.0 Å². The van der Waals surface area contributed by atoms with Gasteiger partial charge in [-0.3, -0.25) is 24.3 Å². The molecule has 4 rings (SSSR count). The van der Waals surface area contributed by atoms with Gasteiger partial charge in [0.2, 0.25) is 5.91 Å². The normalized spacial score (nSPS) is 11.2. The summed E-state index contributed by atoms with van der Waals surface area (Å²) >= 11 is 4.15. The number of rotatable bonds is 8. The molecule has 182 valence electrons. The van der Waals surface area contributed by atoms with E-state index in [0.717, 1.165) is 10.4 Å². The van der Waals surface area contributed by atoms with E-state index in [9.17, 15) is 19.7 Å². The Labute approximate surface area is 212 Å². The highest BCUT2D eigenvalue weighted by atomic mass is 32.2. The third-order valence-electron chi connectivity index (χ3n) is 5.24. The van der Waals surface area contributed by atoms with Crippen molar-refractivity contribution in [1.82, 2.24) is 9.55 Å². The summed E-state index contributed by atoms with van der Waals surface area (Å²) in [4.78, 5) is 43.2. The van der Waals surface area contributed by atoms with Crippen LogP contribution in [0.25, 0.3) is 20.7 Å². The van der Waals surface area contributed by atoms with Crippen LogP contribution < -0.4 is 15.6 Å². The number of nitro groups is 1. The molecule has 3 heterocycles. The number of fused-ring (bicyclic) bond motifs is 1. The first kappa shape index (κ1) is 24.9. The molecular formula is C23H22N4O5S3. The third-order valence-corrected chi connectivity index (χ3v) is 7.97. The summed E-state index contributed by atoms with van der Waals surface area (Å²) in [5.74, 6) is -0.264. The standard InChI is InChI=1S/C23H22N4O5S3/c1-12(2)26-22(29)20-14(18-6-5-7-33-18)10-34-21(20)25-23(26)35-11-19(28)24-15-9-17(32-4)16(27(30)31)8-13(15)3/h5-10,12H,11H2,1-4H3,(H,24,28). The molecule has 0 unspecified atom stereocenters. The first-order valence-electron chi connectivity index (χ1n) is 10.5. The smallest absolute Gasteiger partial charge is 0.311 e. The average molecular weight is 531 g/mol. The number of benzene rings is 1. The number of methoxy groups -OCH3 is 1. The molecule has 4 aromatic rings. The Hall–Kier alpha value is -3.22. The lowest BCUT2D eigenvalue weighted by atomic mass is 10.1. The zero-order valence-corrected chi connectivity index (χ0v) is 21.8. The van der Waals surface area contributed by atoms with Crippen molar-refractivity contribution in [3.63, 3.8) is 0 Å². The molecule has 35 heavy (non-hydrogen) atoms. The molecular weight excluding hydrogens is 508 g/mol. The number of hydrogen-bond acceptors (Lipinski definition) is 9. The minimum Gasteiger partial charge on any atom is -0.490 e. The van der Waals surface area contributed by atoms with Crippen molar-refractivity contribution in [1.29, 1.82) is 0 Å². The maximum Gasteiger partial charge on any atom is 0.311 e. The molecule has 9 nitrogen and oxygen atoms in total. The Morgan fingerprint density at radius 1 is 1.34 bits per heavy atom. The van der Waals surface area contributed by atoms with Gasteiger partial charge in [-0.25, -0.2) is 4.98 Å². The van der Waals surface area contributed by atoms with Gasteiger partial charge in [-0.15, -0.1) is 22.7 Å². The fourth-order valence-electron chi connectivity index (χ4n) is 3.59. The van der Waals surface area contributed by atoms with Gasteiger partial charge >= 0.3 is 5.69 Å². The van der Waals surface area contributed by atoms with E-state index in [4.69, 9.17) is 9.72 Å². The molecule has 0 spiro atoms. The molecule has 0 fully saturated rings. The SMILES string of the molecule is COc1cc(NC(=O)CSc2nc3scc(-c4cccs4)c3c(=O)n2C(C)C)c(C)cc1[N+](=O)[O-]. The van der Waals surface area contributed by atoms with Crippen LogP contribution in [-0.2, 0) is 4.79 Å². The first-order valence-corrected chi connectivity index (χ1v) is 13.3. The zero-order valence-electron chi connectivity index (χ0n) is 19.4. The predicted octanol–water partition coefficient (Wildman–Crippen LogP) is 5.72. The largest absolute Gasteiger partial charge is 0.490 e. The van der Waals surface area contributed by atoms with Crippen LogP contribution in [-0.4, -0.2) is 33.2 Å². The number of ether oxygens (including phenoxy) is 1. The van der Waals surface area contributed by atoms with Crippen LogP contribution in [0, 0.1) is 17.0 Å². The second-order valence-electron chi connectivity index (χ2n) is 7.90.